The molecule has 0 rings (SSSR count). The van der Waals surface area contributed by atoms with Gasteiger partial charge in [0.1, 0.15) is 24.1 Å². The van der Waals surface area contributed by atoms with Gasteiger partial charge in [0, 0.05) is 19.4 Å². The molecule has 0 aliphatic rings. The van der Waals surface area contributed by atoms with Gasteiger partial charge in [0.25, 0.3) is 0 Å². The monoisotopic (exact) mass is 542 g/mol. The van der Waals surface area contributed by atoms with E-state index in [0.29, 0.717) is 0 Å². The average Bonchev–Trinajstić information content (AvgIpc) is 2.67. The van der Waals surface area contributed by atoms with Crippen molar-refractivity contribution >= 4 is 52.7 Å². The van der Waals surface area contributed by atoms with Gasteiger partial charge < -0.3 is 18.9 Å². The van der Waals surface area contributed by atoms with Crippen molar-refractivity contribution < 1.29 is 33.3 Å². The number of methoxy groups -OCH3 is 1. The van der Waals surface area contributed by atoms with Crippen LogP contribution in [0.2, 0.25) is 0 Å². The molecule has 0 saturated heterocycles. The Morgan fingerprint density at radius 3 is 1.91 bits per heavy atom. The highest BCUT2D eigenvalue weighted by Crippen LogP contribution is 2.36. The zero-order valence-electron chi connectivity index (χ0n) is 21.4. The molecule has 0 aliphatic heterocycles. The fraction of sp³-hybridized carbons (Fsp3) is 0.792. The molecule has 0 fully saturated rings. The SMILES string of the molecule is C#CCC(C)C(OC(=O)OCC(Cl)(Cl)Cl)C(C)C(=O)C(C)(C)C(OC)C(C)C(=O)OC(C)(C)C. The molecular weight excluding hydrogens is 507 g/mol. The van der Waals surface area contributed by atoms with Gasteiger partial charge in [-0.15, -0.1) is 12.3 Å². The van der Waals surface area contributed by atoms with E-state index in [1.165, 1.54) is 7.11 Å². The lowest BCUT2D eigenvalue weighted by Gasteiger charge is -2.39. The Morgan fingerprint density at radius 2 is 1.50 bits per heavy atom. The summed E-state index contributed by atoms with van der Waals surface area (Å²) in [6, 6.07) is 0. The van der Waals surface area contributed by atoms with E-state index < -0.39 is 57.6 Å². The van der Waals surface area contributed by atoms with E-state index in [-0.39, 0.29) is 18.1 Å². The molecule has 0 bridgehead atoms. The summed E-state index contributed by atoms with van der Waals surface area (Å²) >= 11 is 16.8. The predicted octanol–water partition coefficient (Wildman–Crippen LogP) is 5.76. The predicted molar refractivity (Wildman–Crippen MR) is 133 cm³/mol. The Balaban J connectivity index is 5.81. The van der Waals surface area contributed by atoms with Crippen molar-refractivity contribution in [3.05, 3.63) is 0 Å². The molecule has 7 nitrogen and oxygen atoms in total. The molecule has 10 heteroatoms. The van der Waals surface area contributed by atoms with E-state index in [1.807, 2.05) is 0 Å². The fourth-order valence-corrected chi connectivity index (χ4v) is 3.98. The number of ether oxygens (including phenoxy) is 4. The van der Waals surface area contributed by atoms with Crippen LogP contribution in [0.15, 0.2) is 0 Å². The molecular formula is C24H37Cl3O7. The first-order valence-electron chi connectivity index (χ1n) is 10.9. The number of terminal acetylenes is 1. The Bertz CT molecular complexity index is 747. The van der Waals surface area contributed by atoms with Crippen LogP contribution in [0.25, 0.3) is 0 Å². The average molecular weight is 544 g/mol. The summed E-state index contributed by atoms with van der Waals surface area (Å²) < 4.78 is 19.6. The van der Waals surface area contributed by atoms with E-state index in [1.54, 1.807) is 55.4 Å². The van der Waals surface area contributed by atoms with Crippen molar-refractivity contribution in [3.63, 3.8) is 0 Å². The van der Waals surface area contributed by atoms with Crippen LogP contribution in [-0.4, -0.2) is 53.2 Å². The Labute approximate surface area is 218 Å². The third-order valence-electron chi connectivity index (χ3n) is 5.33. The molecule has 0 N–H and O–H groups in total. The van der Waals surface area contributed by atoms with E-state index >= 15 is 0 Å². The van der Waals surface area contributed by atoms with Gasteiger partial charge in [-0.25, -0.2) is 4.79 Å². The van der Waals surface area contributed by atoms with E-state index in [0.717, 1.165) is 0 Å². The number of Topliss-reactive ketones (excluding diaryl/α,β-unsaturated/α-hetero) is 1. The topological polar surface area (TPSA) is 88.1 Å². The second-order valence-electron chi connectivity index (χ2n) is 9.97. The Morgan fingerprint density at radius 1 is 0.971 bits per heavy atom. The number of hydrogen-bond acceptors (Lipinski definition) is 7. The summed E-state index contributed by atoms with van der Waals surface area (Å²) in [5, 5.41) is 0. The van der Waals surface area contributed by atoms with Crippen molar-refractivity contribution in [1.82, 2.24) is 0 Å². The Kier molecular flexibility index (Phi) is 12.7. The molecule has 0 heterocycles. The molecule has 5 atom stereocenters. The zero-order valence-corrected chi connectivity index (χ0v) is 23.6. The number of ketones is 1. The van der Waals surface area contributed by atoms with Crippen LogP contribution in [-0.2, 0) is 28.5 Å². The molecule has 0 aromatic heterocycles. The van der Waals surface area contributed by atoms with Crippen LogP contribution in [0.4, 0.5) is 4.79 Å². The zero-order chi connectivity index (χ0) is 27.1. The number of alkyl halides is 3. The number of esters is 1. The highest BCUT2D eigenvalue weighted by atomic mass is 35.6. The van der Waals surface area contributed by atoms with Gasteiger partial charge in [0.2, 0.25) is 3.79 Å². The maximum Gasteiger partial charge on any atom is 0.508 e. The standard InChI is InChI=1S/C24H37Cl3O7/c1-11-12-14(2)17(33-21(30)32-13-24(25,26)27)15(3)18(28)23(8,9)19(31-10)16(4)20(29)34-22(5,6)7/h1,14-17,19H,12-13H2,2-10H3. The Hall–Kier alpha value is -1.20. The lowest BCUT2D eigenvalue weighted by atomic mass is 9.70. The summed E-state index contributed by atoms with van der Waals surface area (Å²) in [6.07, 6.45) is 2.84. The lowest BCUT2D eigenvalue weighted by molar-refractivity contribution is -0.170. The molecule has 0 aliphatic carbocycles. The van der Waals surface area contributed by atoms with Crippen LogP contribution in [0.1, 0.15) is 61.8 Å². The van der Waals surface area contributed by atoms with Gasteiger partial charge >= 0.3 is 12.1 Å². The van der Waals surface area contributed by atoms with Gasteiger partial charge in [-0.2, -0.15) is 0 Å². The second-order valence-corrected chi connectivity index (χ2v) is 12.5. The number of hydrogen-bond donors (Lipinski definition) is 0. The molecule has 0 radical (unpaired) electrons. The molecule has 5 unspecified atom stereocenters. The van der Waals surface area contributed by atoms with Gasteiger partial charge in [-0.1, -0.05) is 62.5 Å². The number of carbonyl (C=O) groups is 3. The minimum atomic E-state index is -1.81. The summed E-state index contributed by atoms with van der Waals surface area (Å²) in [5.74, 6) is -0.222. The highest BCUT2D eigenvalue weighted by molar-refractivity contribution is 6.67. The third kappa shape index (κ3) is 10.6. The number of carbonyl (C=O) groups excluding carboxylic acids is 3. The van der Waals surface area contributed by atoms with Crippen molar-refractivity contribution in [1.29, 1.82) is 0 Å². The van der Waals surface area contributed by atoms with Crippen molar-refractivity contribution in [2.45, 2.75) is 83.4 Å². The maximum atomic E-state index is 13.6. The van der Waals surface area contributed by atoms with Crippen molar-refractivity contribution in [2.75, 3.05) is 13.7 Å². The molecule has 0 spiro atoms. The summed E-state index contributed by atoms with van der Waals surface area (Å²) in [7, 11) is 1.42. The largest absolute Gasteiger partial charge is 0.508 e. The summed E-state index contributed by atoms with van der Waals surface area (Å²) in [5.41, 5.74) is -1.84. The number of rotatable bonds is 11. The minimum Gasteiger partial charge on any atom is -0.460 e. The second kappa shape index (κ2) is 13.2. The normalized spacial score (nSPS) is 16.9. The van der Waals surface area contributed by atoms with Crippen LogP contribution in [0, 0.1) is 35.5 Å². The quantitative estimate of drug-likeness (QED) is 0.186. The van der Waals surface area contributed by atoms with Crippen LogP contribution in [0.3, 0.4) is 0 Å². The van der Waals surface area contributed by atoms with E-state index in [2.05, 4.69) is 5.92 Å². The van der Waals surface area contributed by atoms with Crippen LogP contribution >= 0.6 is 34.8 Å². The smallest absolute Gasteiger partial charge is 0.460 e. The summed E-state index contributed by atoms with van der Waals surface area (Å²) in [6.45, 7) is 13.1. The van der Waals surface area contributed by atoms with Crippen molar-refractivity contribution in [2.24, 2.45) is 23.2 Å². The van der Waals surface area contributed by atoms with Gasteiger partial charge in [0.15, 0.2) is 0 Å². The van der Waals surface area contributed by atoms with Gasteiger partial charge in [-0.05, 0) is 27.7 Å². The van der Waals surface area contributed by atoms with Crippen LogP contribution in [0.5, 0.6) is 0 Å². The first kappa shape index (κ1) is 32.8. The first-order chi connectivity index (χ1) is 15.3. The van der Waals surface area contributed by atoms with Crippen molar-refractivity contribution in [3.8, 4) is 12.3 Å². The molecule has 0 aromatic rings. The molecule has 0 saturated carbocycles. The van der Waals surface area contributed by atoms with E-state index in [4.69, 9.17) is 60.2 Å². The van der Waals surface area contributed by atoms with Gasteiger partial charge in [0.05, 0.1) is 23.4 Å². The van der Waals surface area contributed by atoms with E-state index in [9.17, 15) is 14.4 Å². The molecule has 196 valence electrons. The van der Waals surface area contributed by atoms with Crippen LogP contribution < -0.4 is 0 Å². The fourth-order valence-electron chi connectivity index (χ4n) is 3.82. The third-order valence-corrected chi connectivity index (χ3v) is 5.65. The molecule has 0 aromatic carbocycles. The highest BCUT2D eigenvalue weighted by Gasteiger charge is 2.47. The lowest BCUT2D eigenvalue weighted by Crippen LogP contribution is -2.50. The van der Waals surface area contributed by atoms with Gasteiger partial charge in [-0.3, -0.25) is 9.59 Å². The number of halogens is 3. The maximum absolute atomic E-state index is 13.6. The first-order valence-corrected chi connectivity index (χ1v) is 12.1. The molecule has 34 heavy (non-hydrogen) atoms. The summed E-state index contributed by atoms with van der Waals surface area (Å²) in [4.78, 5) is 38.6. The molecule has 0 amide bonds. The minimum absolute atomic E-state index is 0.239.